The molecular formula is C19H22N2O3. The Morgan fingerprint density at radius 3 is 2.29 bits per heavy atom. The van der Waals surface area contributed by atoms with Gasteiger partial charge in [-0.1, -0.05) is 17.3 Å². The van der Waals surface area contributed by atoms with Crippen LogP contribution in [0, 0.1) is 20.8 Å². The molecule has 126 valence electrons. The van der Waals surface area contributed by atoms with Crippen molar-refractivity contribution in [1.82, 2.24) is 5.32 Å². The molecule has 0 aliphatic carbocycles. The van der Waals surface area contributed by atoms with Gasteiger partial charge in [-0.2, -0.15) is 0 Å². The number of carbonyl (C=O) groups is 1. The number of para-hydroxylation sites is 1. The van der Waals surface area contributed by atoms with Crippen molar-refractivity contribution < 1.29 is 14.4 Å². The van der Waals surface area contributed by atoms with Crippen molar-refractivity contribution in [3.05, 3.63) is 58.7 Å². The van der Waals surface area contributed by atoms with E-state index in [2.05, 4.69) is 17.4 Å². The number of likely N-dealkylation sites (N-methyl/N-ethyl adjacent to an activating group) is 1. The Kier molecular flexibility index (Phi) is 5.58. The Morgan fingerprint density at radius 1 is 1.08 bits per heavy atom. The van der Waals surface area contributed by atoms with Gasteiger partial charge in [-0.25, -0.2) is 0 Å². The number of nitrogens with zero attached hydrogens (tertiary/aromatic N) is 1. The van der Waals surface area contributed by atoms with E-state index in [0.717, 1.165) is 16.9 Å². The molecule has 0 heterocycles. The molecule has 0 fully saturated rings. The minimum absolute atomic E-state index is 0.163. The minimum atomic E-state index is -0.343. The van der Waals surface area contributed by atoms with E-state index in [1.54, 1.807) is 19.2 Å². The summed E-state index contributed by atoms with van der Waals surface area (Å²) in [4.78, 5) is 16.9. The highest BCUT2D eigenvalue weighted by molar-refractivity contribution is 6.45. The molecule has 0 aliphatic rings. The zero-order valence-electron chi connectivity index (χ0n) is 14.6. The second-order valence-corrected chi connectivity index (χ2v) is 5.48. The van der Waals surface area contributed by atoms with Crippen LogP contribution in [0.5, 0.6) is 11.5 Å². The van der Waals surface area contributed by atoms with E-state index in [1.807, 2.05) is 38.1 Å². The van der Waals surface area contributed by atoms with Gasteiger partial charge < -0.3 is 14.9 Å². The summed E-state index contributed by atoms with van der Waals surface area (Å²) in [5.41, 5.74) is 4.27. The van der Waals surface area contributed by atoms with Gasteiger partial charge in [0.25, 0.3) is 5.91 Å². The summed E-state index contributed by atoms with van der Waals surface area (Å²) in [7, 11) is 2.95. The lowest BCUT2D eigenvalue weighted by atomic mass is 10.0. The summed E-state index contributed by atoms with van der Waals surface area (Å²) >= 11 is 0. The number of aryl methyl sites for hydroxylation is 2. The SMILES string of the molecule is CNC(=O)C(=NOC)c1ccccc1Oc1cc(C)c(C)c(C)c1. The first-order valence-corrected chi connectivity index (χ1v) is 7.66. The van der Waals surface area contributed by atoms with Crippen molar-refractivity contribution in [3.8, 4) is 11.5 Å². The Bertz CT molecular complexity index is 759. The second kappa shape index (κ2) is 7.64. The van der Waals surface area contributed by atoms with Gasteiger partial charge in [-0.15, -0.1) is 0 Å². The molecule has 0 bridgehead atoms. The average Bonchev–Trinajstić information content (AvgIpc) is 2.57. The van der Waals surface area contributed by atoms with E-state index in [1.165, 1.54) is 12.7 Å². The third-order valence-corrected chi connectivity index (χ3v) is 3.90. The number of amides is 1. The van der Waals surface area contributed by atoms with Crippen LogP contribution in [-0.4, -0.2) is 25.8 Å². The minimum Gasteiger partial charge on any atom is -0.457 e. The molecule has 0 radical (unpaired) electrons. The predicted molar refractivity (Wildman–Crippen MR) is 94.8 cm³/mol. The average molecular weight is 326 g/mol. The number of oxime groups is 1. The van der Waals surface area contributed by atoms with Gasteiger partial charge in [0.15, 0.2) is 5.71 Å². The molecule has 1 amide bonds. The Labute approximate surface area is 142 Å². The Balaban J connectivity index is 2.46. The first kappa shape index (κ1) is 17.5. The highest BCUT2D eigenvalue weighted by atomic mass is 16.6. The van der Waals surface area contributed by atoms with Crippen molar-refractivity contribution in [2.24, 2.45) is 5.16 Å². The van der Waals surface area contributed by atoms with Gasteiger partial charge in [0.1, 0.15) is 18.6 Å². The van der Waals surface area contributed by atoms with Crippen LogP contribution in [0.2, 0.25) is 0 Å². The third kappa shape index (κ3) is 3.74. The molecule has 5 heteroatoms. The molecule has 0 spiro atoms. The number of hydrogen-bond acceptors (Lipinski definition) is 4. The molecule has 2 aromatic rings. The Hall–Kier alpha value is -2.82. The standard InChI is InChI=1S/C19H22N2O3/c1-12-10-15(11-13(2)14(12)3)24-17-9-7-6-8-16(17)18(21-23-5)19(22)20-4/h6-11H,1-5H3,(H,20,22). The quantitative estimate of drug-likeness (QED) is 0.676. The van der Waals surface area contributed by atoms with Gasteiger partial charge in [0.2, 0.25) is 0 Å². The topological polar surface area (TPSA) is 59.9 Å². The van der Waals surface area contributed by atoms with Crippen molar-refractivity contribution in [2.75, 3.05) is 14.2 Å². The molecule has 2 aromatic carbocycles. The van der Waals surface area contributed by atoms with Crippen molar-refractivity contribution >= 4 is 11.6 Å². The molecule has 0 atom stereocenters. The summed E-state index contributed by atoms with van der Waals surface area (Å²) < 4.78 is 6.03. The van der Waals surface area contributed by atoms with Crippen molar-refractivity contribution in [1.29, 1.82) is 0 Å². The molecule has 0 unspecified atom stereocenters. The fraction of sp³-hybridized carbons (Fsp3) is 0.263. The maximum absolute atomic E-state index is 12.1. The smallest absolute Gasteiger partial charge is 0.273 e. The number of carbonyl (C=O) groups excluding carboxylic acids is 1. The van der Waals surface area contributed by atoms with Crippen LogP contribution < -0.4 is 10.1 Å². The molecule has 5 nitrogen and oxygen atoms in total. The predicted octanol–water partition coefficient (Wildman–Crippen LogP) is 3.50. The maximum atomic E-state index is 12.1. The lowest BCUT2D eigenvalue weighted by Gasteiger charge is -2.14. The van der Waals surface area contributed by atoms with Crippen LogP contribution in [0.1, 0.15) is 22.3 Å². The van der Waals surface area contributed by atoms with Gasteiger partial charge in [0.05, 0.1) is 5.56 Å². The molecule has 24 heavy (non-hydrogen) atoms. The molecular weight excluding hydrogens is 304 g/mol. The van der Waals surface area contributed by atoms with E-state index in [0.29, 0.717) is 11.3 Å². The molecule has 2 rings (SSSR count). The number of benzene rings is 2. The number of nitrogens with one attached hydrogen (secondary N) is 1. The van der Waals surface area contributed by atoms with Crippen LogP contribution in [0.15, 0.2) is 41.6 Å². The van der Waals surface area contributed by atoms with Gasteiger partial charge >= 0.3 is 0 Å². The molecule has 0 saturated carbocycles. The van der Waals surface area contributed by atoms with E-state index in [-0.39, 0.29) is 11.6 Å². The summed E-state index contributed by atoms with van der Waals surface area (Å²) in [6.45, 7) is 6.17. The number of hydrogen-bond donors (Lipinski definition) is 1. The van der Waals surface area contributed by atoms with Crippen LogP contribution in [0.3, 0.4) is 0 Å². The van der Waals surface area contributed by atoms with Gasteiger partial charge in [0, 0.05) is 7.05 Å². The first-order chi connectivity index (χ1) is 11.5. The molecule has 0 saturated heterocycles. The first-order valence-electron chi connectivity index (χ1n) is 7.66. The molecule has 0 aromatic heterocycles. The van der Waals surface area contributed by atoms with Gasteiger partial charge in [-0.05, 0) is 61.7 Å². The summed E-state index contributed by atoms with van der Waals surface area (Å²) in [6, 6.07) is 11.2. The number of ether oxygens (including phenoxy) is 1. The summed E-state index contributed by atoms with van der Waals surface area (Å²) in [6.07, 6.45) is 0. The van der Waals surface area contributed by atoms with Crippen LogP contribution in [0.25, 0.3) is 0 Å². The second-order valence-electron chi connectivity index (χ2n) is 5.48. The van der Waals surface area contributed by atoms with E-state index < -0.39 is 0 Å². The van der Waals surface area contributed by atoms with E-state index >= 15 is 0 Å². The largest absolute Gasteiger partial charge is 0.457 e. The molecule has 1 N–H and O–H groups in total. The van der Waals surface area contributed by atoms with Crippen LogP contribution in [-0.2, 0) is 9.63 Å². The van der Waals surface area contributed by atoms with Crippen molar-refractivity contribution in [2.45, 2.75) is 20.8 Å². The highest BCUT2D eigenvalue weighted by Gasteiger charge is 2.18. The normalized spacial score (nSPS) is 11.1. The van der Waals surface area contributed by atoms with E-state index in [9.17, 15) is 4.79 Å². The number of rotatable bonds is 5. The van der Waals surface area contributed by atoms with Gasteiger partial charge in [-0.3, -0.25) is 4.79 Å². The summed E-state index contributed by atoms with van der Waals surface area (Å²) in [5.74, 6) is 0.917. The zero-order valence-corrected chi connectivity index (χ0v) is 14.6. The summed E-state index contributed by atoms with van der Waals surface area (Å²) in [5, 5.41) is 6.40. The fourth-order valence-corrected chi connectivity index (χ4v) is 2.36. The lowest BCUT2D eigenvalue weighted by Crippen LogP contribution is -2.28. The van der Waals surface area contributed by atoms with Crippen LogP contribution >= 0.6 is 0 Å². The molecule has 0 aliphatic heterocycles. The highest BCUT2D eigenvalue weighted by Crippen LogP contribution is 2.29. The third-order valence-electron chi connectivity index (χ3n) is 3.90. The fourth-order valence-electron chi connectivity index (χ4n) is 2.36. The lowest BCUT2D eigenvalue weighted by molar-refractivity contribution is -0.114. The maximum Gasteiger partial charge on any atom is 0.273 e. The van der Waals surface area contributed by atoms with Crippen molar-refractivity contribution in [3.63, 3.8) is 0 Å². The zero-order chi connectivity index (χ0) is 17.7. The van der Waals surface area contributed by atoms with E-state index in [4.69, 9.17) is 9.57 Å². The Morgan fingerprint density at radius 2 is 1.71 bits per heavy atom. The van der Waals surface area contributed by atoms with Crippen LogP contribution in [0.4, 0.5) is 0 Å². The monoisotopic (exact) mass is 326 g/mol.